The number of hydrogen-bond acceptors (Lipinski definition) is 6. The van der Waals surface area contributed by atoms with Gasteiger partial charge in [-0.25, -0.2) is 0 Å². The summed E-state index contributed by atoms with van der Waals surface area (Å²) >= 11 is 1.26. The summed E-state index contributed by atoms with van der Waals surface area (Å²) in [6.45, 7) is 3.20. The fraction of sp³-hybridized carbons (Fsp3) is 0.538. The number of hydrogen-bond donors (Lipinski definition) is 4. The van der Waals surface area contributed by atoms with Gasteiger partial charge in [0.1, 0.15) is 9.88 Å². The average molecular weight is 309 g/mol. The van der Waals surface area contributed by atoms with Gasteiger partial charge >= 0.3 is 0 Å². The van der Waals surface area contributed by atoms with Crippen molar-refractivity contribution in [3.63, 3.8) is 0 Å². The van der Waals surface area contributed by atoms with Gasteiger partial charge in [-0.15, -0.1) is 11.3 Å². The van der Waals surface area contributed by atoms with Gasteiger partial charge < -0.3 is 27.0 Å². The van der Waals surface area contributed by atoms with E-state index in [1.165, 1.54) is 11.3 Å². The van der Waals surface area contributed by atoms with Gasteiger partial charge in [0.05, 0.1) is 11.3 Å². The maximum Gasteiger partial charge on any atom is 0.263 e. The molecule has 2 amide bonds. The number of amides is 2. The first-order valence-corrected chi connectivity index (χ1v) is 7.88. The molecule has 1 aliphatic carbocycles. The third-order valence-electron chi connectivity index (χ3n) is 3.70. The average Bonchev–Trinajstić information content (AvgIpc) is 3.20. The van der Waals surface area contributed by atoms with Gasteiger partial charge in [0.2, 0.25) is 0 Å². The molecule has 0 radical (unpaired) electrons. The lowest BCUT2D eigenvalue weighted by Crippen LogP contribution is -2.43. The van der Waals surface area contributed by atoms with E-state index in [0.717, 1.165) is 39.0 Å². The van der Waals surface area contributed by atoms with Crippen LogP contribution >= 0.6 is 11.3 Å². The molecule has 1 aromatic heterocycles. The third-order valence-corrected chi connectivity index (χ3v) is 4.96. The van der Waals surface area contributed by atoms with E-state index in [1.54, 1.807) is 0 Å². The quantitative estimate of drug-likeness (QED) is 0.611. The van der Waals surface area contributed by atoms with Crippen LogP contribution in [-0.4, -0.2) is 44.0 Å². The summed E-state index contributed by atoms with van der Waals surface area (Å²) in [6.07, 6.45) is 2.01. The second-order valence-electron chi connectivity index (χ2n) is 5.37. The minimum atomic E-state index is -0.581. The zero-order valence-electron chi connectivity index (χ0n) is 11.6. The van der Waals surface area contributed by atoms with Crippen molar-refractivity contribution < 1.29 is 9.59 Å². The summed E-state index contributed by atoms with van der Waals surface area (Å²) < 4.78 is 0. The van der Waals surface area contributed by atoms with Crippen LogP contribution in [0.15, 0.2) is 0 Å². The molecule has 0 spiro atoms. The van der Waals surface area contributed by atoms with Gasteiger partial charge in [-0.05, 0) is 12.8 Å². The number of piperazine rings is 1. The number of carbonyl (C=O) groups is 2. The molecule has 0 atom stereocenters. The highest BCUT2D eigenvalue weighted by molar-refractivity contribution is 7.19. The molecule has 0 aromatic carbocycles. The summed E-state index contributed by atoms with van der Waals surface area (Å²) in [4.78, 5) is 26.4. The van der Waals surface area contributed by atoms with Crippen LogP contribution in [-0.2, 0) is 0 Å². The molecule has 21 heavy (non-hydrogen) atoms. The Morgan fingerprint density at radius 2 is 1.95 bits per heavy atom. The number of anilines is 2. The van der Waals surface area contributed by atoms with Crippen molar-refractivity contribution in [2.75, 3.05) is 36.8 Å². The fourth-order valence-electron chi connectivity index (χ4n) is 2.41. The number of primary amides is 1. The maximum atomic E-state index is 12.2. The number of nitrogens with two attached hydrogens (primary N) is 2. The Morgan fingerprint density at radius 3 is 2.52 bits per heavy atom. The molecule has 2 aliphatic rings. The Kier molecular flexibility index (Phi) is 3.73. The minimum absolute atomic E-state index is 0.205. The zero-order chi connectivity index (χ0) is 15.0. The largest absolute Gasteiger partial charge is 0.397 e. The van der Waals surface area contributed by atoms with Crippen molar-refractivity contribution in [2.24, 2.45) is 5.73 Å². The second-order valence-corrected chi connectivity index (χ2v) is 6.37. The Bertz CT molecular complexity index is 575. The Balaban J connectivity index is 1.93. The molecular formula is C13H19N5O2S. The number of thiophene rings is 1. The standard InChI is InChI=1S/C13H19N5O2S/c14-9-8(11(15)19)13(18-5-3-16-4-6-18)21-10(9)12(20)17-7-1-2-7/h7,16H,1-6,14H2,(H2,15,19)(H,17,20). The fourth-order valence-corrected chi connectivity index (χ4v) is 3.59. The molecule has 8 heteroatoms. The van der Waals surface area contributed by atoms with E-state index in [-0.39, 0.29) is 23.2 Å². The molecule has 3 rings (SSSR count). The van der Waals surface area contributed by atoms with Crippen molar-refractivity contribution >= 4 is 33.8 Å². The van der Waals surface area contributed by atoms with Crippen molar-refractivity contribution in [3.05, 3.63) is 10.4 Å². The van der Waals surface area contributed by atoms with Crippen LogP contribution in [0.1, 0.15) is 32.9 Å². The van der Waals surface area contributed by atoms with Crippen LogP contribution in [0.2, 0.25) is 0 Å². The van der Waals surface area contributed by atoms with E-state index in [9.17, 15) is 9.59 Å². The van der Waals surface area contributed by atoms with Gasteiger partial charge in [0, 0.05) is 32.2 Å². The van der Waals surface area contributed by atoms with Gasteiger partial charge in [-0.1, -0.05) is 0 Å². The van der Waals surface area contributed by atoms with Crippen LogP contribution in [0.4, 0.5) is 10.7 Å². The lowest BCUT2D eigenvalue weighted by atomic mass is 10.2. The maximum absolute atomic E-state index is 12.2. The predicted molar refractivity (Wildman–Crippen MR) is 82.8 cm³/mol. The van der Waals surface area contributed by atoms with E-state index in [1.807, 2.05) is 0 Å². The lowest BCUT2D eigenvalue weighted by molar-refractivity contribution is 0.0955. The van der Waals surface area contributed by atoms with Crippen LogP contribution in [0.3, 0.4) is 0 Å². The summed E-state index contributed by atoms with van der Waals surface area (Å²) in [5.74, 6) is -0.786. The zero-order valence-corrected chi connectivity index (χ0v) is 12.5. The monoisotopic (exact) mass is 309 g/mol. The molecule has 6 N–H and O–H groups in total. The molecule has 114 valence electrons. The van der Waals surface area contributed by atoms with Gasteiger partial charge in [0.25, 0.3) is 11.8 Å². The molecule has 0 bridgehead atoms. The molecule has 0 unspecified atom stereocenters. The van der Waals surface area contributed by atoms with Crippen LogP contribution in [0.5, 0.6) is 0 Å². The molecular weight excluding hydrogens is 290 g/mol. The number of rotatable bonds is 4. The first-order valence-electron chi connectivity index (χ1n) is 7.06. The van der Waals surface area contributed by atoms with Crippen molar-refractivity contribution in [2.45, 2.75) is 18.9 Å². The third kappa shape index (κ3) is 2.81. The highest BCUT2D eigenvalue weighted by Crippen LogP contribution is 2.38. The molecule has 1 aromatic rings. The van der Waals surface area contributed by atoms with E-state index in [2.05, 4.69) is 15.5 Å². The van der Waals surface area contributed by atoms with Gasteiger partial charge in [-0.2, -0.15) is 0 Å². The van der Waals surface area contributed by atoms with E-state index in [4.69, 9.17) is 11.5 Å². The van der Waals surface area contributed by atoms with Crippen LogP contribution in [0, 0.1) is 0 Å². The Morgan fingerprint density at radius 1 is 1.29 bits per heavy atom. The summed E-state index contributed by atoms with van der Waals surface area (Å²) in [5.41, 5.74) is 12.0. The summed E-state index contributed by atoms with van der Waals surface area (Å²) in [5, 5.41) is 6.86. The van der Waals surface area contributed by atoms with Crippen molar-refractivity contribution in [1.29, 1.82) is 0 Å². The summed E-state index contributed by atoms with van der Waals surface area (Å²) in [6, 6.07) is 0.249. The van der Waals surface area contributed by atoms with Crippen LogP contribution in [0.25, 0.3) is 0 Å². The first kappa shape index (κ1) is 14.2. The topological polar surface area (TPSA) is 113 Å². The molecule has 1 aliphatic heterocycles. The van der Waals surface area contributed by atoms with Crippen molar-refractivity contribution in [1.82, 2.24) is 10.6 Å². The van der Waals surface area contributed by atoms with E-state index >= 15 is 0 Å². The molecule has 2 fully saturated rings. The number of nitrogens with one attached hydrogen (secondary N) is 2. The van der Waals surface area contributed by atoms with Crippen molar-refractivity contribution in [3.8, 4) is 0 Å². The molecule has 1 saturated heterocycles. The number of nitrogen functional groups attached to an aromatic ring is 1. The normalized spacial score (nSPS) is 18.6. The summed E-state index contributed by atoms with van der Waals surface area (Å²) in [7, 11) is 0. The lowest BCUT2D eigenvalue weighted by Gasteiger charge is -2.28. The van der Waals surface area contributed by atoms with E-state index < -0.39 is 5.91 Å². The second kappa shape index (κ2) is 5.53. The predicted octanol–water partition coefficient (Wildman–Crippen LogP) is -0.269. The van der Waals surface area contributed by atoms with Gasteiger partial charge in [0.15, 0.2) is 0 Å². The SMILES string of the molecule is NC(=O)c1c(N2CCNCC2)sc(C(=O)NC2CC2)c1N. The smallest absolute Gasteiger partial charge is 0.263 e. The Hall–Kier alpha value is -1.80. The van der Waals surface area contributed by atoms with Gasteiger partial charge in [-0.3, -0.25) is 9.59 Å². The molecule has 1 saturated carbocycles. The number of nitrogens with zero attached hydrogens (tertiary/aromatic N) is 1. The highest BCUT2D eigenvalue weighted by atomic mass is 32.1. The highest BCUT2D eigenvalue weighted by Gasteiger charge is 2.30. The van der Waals surface area contributed by atoms with E-state index in [0.29, 0.717) is 9.88 Å². The van der Waals surface area contributed by atoms with Crippen LogP contribution < -0.4 is 27.0 Å². The minimum Gasteiger partial charge on any atom is -0.397 e. The Labute approximate surface area is 126 Å². The number of carbonyl (C=O) groups excluding carboxylic acids is 2. The molecule has 2 heterocycles. The first-order chi connectivity index (χ1) is 10.1. The molecule has 7 nitrogen and oxygen atoms in total.